The fourth-order valence-electron chi connectivity index (χ4n) is 4.34. The first-order valence-electron chi connectivity index (χ1n) is 15.7. The van der Waals surface area contributed by atoms with Gasteiger partial charge >= 0.3 is 109 Å². The summed E-state index contributed by atoms with van der Waals surface area (Å²) in [5.74, 6) is 0.640. The molecule has 1 N–H and O–H groups in total. The van der Waals surface area contributed by atoms with Crippen LogP contribution in [0.2, 0.25) is 0 Å². The van der Waals surface area contributed by atoms with Crippen molar-refractivity contribution >= 4 is 35.3 Å². The van der Waals surface area contributed by atoms with Gasteiger partial charge in [0.1, 0.15) is 23.2 Å². The molecule has 1 aliphatic heterocycles. The third kappa shape index (κ3) is 26.0. The Kier molecular flexibility index (Phi) is 31.4. The van der Waals surface area contributed by atoms with E-state index in [1.165, 1.54) is 12.5 Å². The van der Waals surface area contributed by atoms with Crippen LogP contribution < -0.4 is 113 Å². The zero-order chi connectivity index (χ0) is 37.3. The number of carbonyl (C=O) groups excluding carboxylic acids is 4. The minimum atomic E-state index is -3.22. The molecule has 272 valence electrons. The summed E-state index contributed by atoms with van der Waals surface area (Å²) in [6.07, 6.45) is 8.88. The van der Waals surface area contributed by atoms with Crippen LogP contribution in [0.1, 0.15) is 89.2 Å². The van der Waals surface area contributed by atoms with Gasteiger partial charge < -0.3 is 31.1 Å². The number of rotatable bonds is 7. The third-order valence-electron chi connectivity index (χ3n) is 6.40. The molecule has 1 heterocycles. The summed E-state index contributed by atoms with van der Waals surface area (Å²) in [4.78, 5) is 46.0. The van der Waals surface area contributed by atoms with Gasteiger partial charge in [-0.25, -0.2) is 4.79 Å². The van der Waals surface area contributed by atoms with Crippen LogP contribution in [0.3, 0.4) is 0 Å². The fourth-order valence-corrected chi connectivity index (χ4v) is 5.03. The van der Waals surface area contributed by atoms with E-state index in [0.29, 0.717) is 36.3 Å². The second-order valence-corrected chi connectivity index (χ2v) is 13.0. The maximum atomic E-state index is 12.0. The van der Waals surface area contributed by atoms with Gasteiger partial charge in [-0.05, 0) is 57.9 Å². The average Bonchev–Trinajstić information content (AvgIpc) is 3.05. The van der Waals surface area contributed by atoms with Crippen molar-refractivity contribution in [3.05, 3.63) is 59.7 Å². The second-order valence-electron chi connectivity index (χ2n) is 11.4. The minimum Gasteiger partial charge on any atom is -1.00 e. The quantitative estimate of drug-likeness (QED) is 0.118. The van der Waals surface area contributed by atoms with Crippen molar-refractivity contribution in [2.45, 2.75) is 83.5 Å². The normalized spacial score (nSPS) is 14.4. The molecular formula is C33H48FK2NO12S. The molecule has 2 aliphatic rings. The molecule has 17 heteroatoms. The fraction of sp³-hybridized carbons (Fsp3) is 0.515. The van der Waals surface area contributed by atoms with Gasteiger partial charge in [-0.15, -0.1) is 0 Å². The van der Waals surface area contributed by atoms with Gasteiger partial charge in [-0.1, -0.05) is 43.5 Å². The van der Waals surface area contributed by atoms with Gasteiger partial charge in [-0.3, -0.25) is 23.0 Å². The molecule has 1 aliphatic carbocycles. The number of phenolic OH excluding ortho intramolecular Hbond substituents is 1. The number of aldehydes is 2. The van der Waals surface area contributed by atoms with E-state index in [9.17, 15) is 27.2 Å². The summed E-state index contributed by atoms with van der Waals surface area (Å²) in [5, 5.41) is 17.3. The zero-order valence-electron chi connectivity index (χ0n) is 31.7. The topological polar surface area (TPSA) is 186 Å². The first-order valence-corrected chi connectivity index (χ1v) is 16.8. The van der Waals surface area contributed by atoms with Crippen LogP contribution in [0.5, 0.6) is 11.5 Å². The van der Waals surface area contributed by atoms with Crippen LogP contribution in [0, 0.1) is 0 Å². The predicted molar refractivity (Wildman–Crippen MR) is 175 cm³/mol. The average molecular weight is 781 g/mol. The molecule has 0 unspecified atom stereocenters. The summed E-state index contributed by atoms with van der Waals surface area (Å²) in [6.45, 7) is 6.59. The number of piperidine rings is 1. The number of ether oxygens (including phenoxy) is 2. The molecule has 2 fully saturated rings. The largest absolute Gasteiger partial charge is 1.00 e. The number of phenols is 1. The van der Waals surface area contributed by atoms with Crippen molar-refractivity contribution < 1.29 is 166 Å². The number of amides is 1. The Morgan fingerprint density at radius 2 is 1.42 bits per heavy atom. The molecule has 1 amide bonds. The number of carbonyl (C=O) groups is 4. The number of alkyl halides is 1. The first-order chi connectivity index (χ1) is 23.1. The molecule has 2 aromatic carbocycles. The van der Waals surface area contributed by atoms with Gasteiger partial charge in [0, 0.05) is 25.9 Å². The number of aromatic hydroxyl groups is 1. The first kappa shape index (κ1) is 51.3. The molecule has 0 radical (unpaired) electrons. The number of nitrogens with zero attached hydrogens (tertiary/aromatic N) is 1. The number of halogens is 1. The van der Waals surface area contributed by atoms with Crippen LogP contribution in [0.25, 0.3) is 0 Å². The molecule has 0 aromatic heterocycles. The molecule has 0 atom stereocenters. The maximum Gasteiger partial charge on any atom is 1.00 e. The minimum absolute atomic E-state index is 0. The Morgan fingerprint density at radius 1 is 0.940 bits per heavy atom. The summed E-state index contributed by atoms with van der Waals surface area (Å²) in [5.41, 5.74) is 0.405. The Morgan fingerprint density at radius 3 is 1.84 bits per heavy atom. The number of likely N-dealkylation sites (tertiary alicyclic amines) is 1. The monoisotopic (exact) mass is 780 g/mol. The molecule has 0 bridgehead atoms. The van der Waals surface area contributed by atoms with E-state index >= 15 is 0 Å². The van der Waals surface area contributed by atoms with Gasteiger partial charge in [-0.2, -0.15) is 8.42 Å². The van der Waals surface area contributed by atoms with E-state index in [1.807, 2.05) is 32.9 Å². The van der Waals surface area contributed by atoms with E-state index < -0.39 is 22.9 Å². The third-order valence-corrected chi connectivity index (χ3v) is 7.02. The van der Waals surface area contributed by atoms with Crippen molar-refractivity contribution in [2.24, 2.45) is 0 Å². The Balaban J connectivity index is -0.000000323. The summed E-state index contributed by atoms with van der Waals surface area (Å²) < 4.78 is 53.0. The van der Waals surface area contributed by atoms with Crippen molar-refractivity contribution in [1.29, 1.82) is 0 Å². The van der Waals surface area contributed by atoms with Crippen molar-refractivity contribution in [1.82, 2.24) is 4.90 Å². The molecule has 50 heavy (non-hydrogen) atoms. The molecular weight excluding hydrogens is 732 g/mol. The molecule has 2 aromatic rings. The maximum absolute atomic E-state index is 12.0. The SMILES string of the molecule is CC(C)(C)OC(=O)N1CCC(Oc2ccccc2C=O)CC1.CS(=O)(=O)OC1CCCCC1.O=CO[O-].O=Cc1ccccc1O.[2H]CF.[H-].[K+].[K+]. The van der Waals surface area contributed by atoms with E-state index in [4.69, 9.17) is 30.2 Å². The Bertz CT molecular complexity index is 1360. The number of hydrogen-bond donors (Lipinski definition) is 1. The molecule has 1 saturated carbocycles. The zero-order valence-corrected chi connectivity index (χ0v) is 36.8. The van der Waals surface area contributed by atoms with Crippen LogP contribution >= 0.6 is 0 Å². The number of benzene rings is 2. The van der Waals surface area contributed by atoms with Crippen molar-refractivity contribution in [3.63, 3.8) is 0 Å². The van der Waals surface area contributed by atoms with E-state index in [0.717, 1.165) is 51.1 Å². The van der Waals surface area contributed by atoms with E-state index in [2.05, 4.69) is 4.89 Å². The predicted octanol–water partition coefficient (Wildman–Crippen LogP) is -1.08. The summed E-state index contributed by atoms with van der Waals surface area (Å²) in [7, 11) is -4.22. The smallest absolute Gasteiger partial charge is 1.00 e. The summed E-state index contributed by atoms with van der Waals surface area (Å²) >= 11 is 0. The second kappa shape index (κ2) is 30.6. The van der Waals surface area contributed by atoms with Crippen LogP contribution in [0.15, 0.2) is 48.5 Å². The number of hydrogen-bond acceptors (Lipinski definition) is 12. The number of para-hydroxylation sites is 2. The molecule has 13 nitrogen and oxygen atoms in total. The van der Waals surface area contributed by atoms with Crippen LogP contribution in [-0.4, -0.2) is 87.9 Å². The molecule has 4 rings (SSSR count). The van der Waals surface area contributed by atoms with E-state index in [-0.39, 0.29) is 135 Å². The Hall–Kier alpha value is -0.807. The standard InChI is InChI=1S/C17H23NO4.C7H14O3S.C7H6O2.CH3F.CH2O3.2K.H/c1-17(2,3)22-16(20)18-10-8-14(9-11-18)21-15-7-5-4-6-13(15)12-19;1-11(8,9)10-7-5-3-2-4-6-7;8-5-6-3-1-2-4-7(6)9;1-2;2-1-4-3;;;/h4-7,12,14H,8-11H2,1-3H3;7H,2-6H2,1H3;1-5,9H;1H3;1,3H;;;/q;;;;;2*+1;-1/p-1/i;;;1D;;;;. The summed E-state index contributed by atoms with van der Waals surface area (Å²) in [6, 6.07) is 13.6. The van der Waals surface area contributed by atoms with Crippen LogP contribution in [-0.2, 0) is 28.7 Å². The van der Waals surface area contributed by atoms with Gasteiger partial charge in [0.15, 0.2) is 12.6 Å². The van der Waals surface area contributed by atoms with Crippen molar-refractivity contribution in [2.75, 3.05) is 26.5 Å². The van der Waals surface area contributed by atoms with Crippen molar-refractivity contribution in [3.8, 4) is 11.5 Å². The molecule has 0 spiro atoms. The molecule has 1 saturated heterocycles. The van der Waals surface area contributed by atoms with Gasteiger partial charge in [0.05, 0.1) is 32.0 Å². The van der Waals surface area contributed by atoms with E-state index in [1.54, 1.807) is 35.2 Å². The van der Waals surface area contributed by atoms with Gasteiger partial charge in [0.2, 0.25) is 0 Å². The van der Waals surface area contributed by atoms with Crippen LogP contribution in [0.4, 0.5) is 9.18 Å². The van der Waals surface area contributed by atoms with Gasteiger partial charge in [0.25, 0.3) is 16.6 Å². The Labute approximate surface area is 382 Å².